The molecule has 256 valence electrons. The summed E-state index contributed by atoms with van der Waals surface area (Å²) in [6.07, 6.45) is 0. The van der Waals surface area contributed by atoms with Crippen molar-refractivity contribution in [1.82, 2.24) is 15.0 Å². The van der Waals surface area contributed by atoms with Gasteiger partial charge >= 0.3 is 0 Å². The lowest BCUT2D eigenvalue weighted by Gasteiger charge is -2.25. The van der Waals surface area contributed by atoms with Gasteiger partial charge in [0.25, 0.3) is 0 Å². The number of fused-ring (bicyclic) bond motifs is 9. The van der Waals surface area contributed by atoms with Crippen molar-refractivity contribution >= 4 is 21.9 Å². The van der Waals surface area contributed by atoms with Crippen LogP contribution in [-0.2, 0) is 5.41 Å². The molecule has 0 spiro atoms. The van der Waals surface area contributed by atoms with Gasteiger partial charge in [-0.25, -0.2) is 15.0 Å². The van der Waals surface area contributed by atoms with Gasteiger partial charge in [0.1, 0.15) is 11.2 Å². The first-order chi connectivity index (χ1) is 26.5. The number of aromatic nitrogens is 3. The standard InChI is InChI=1S/C48H31N3O3/c1-48(2)36-14-8-6-13-35(36)43-37(48)23-25-40-44(43)54-39-24-21-31(26-42(39)53-40)28-16-18-30(19-17-28)46-49-45(29-10-4-3-5-11-29)50-47(51-46)32-20-22-34-33-12-7-9-15-38(33)52-41(34)27-32/h3-27H,1-2H3. The van der Waals surface area contributed by atoms with E-state index in [2.05, 4.69) is 92.7 Å². The van der Waals surface area contributed by atoms with Crippen LogP contribution in [0.3, 0.4) is 0 Å². The fourth-order valence-corrected chi connectivity index (χ4v) is 8.03. The second-order valence-electron chi connectivity index (χ2n) is 14.4. The Morgan fingerprint density at radius 1 is 0.426 bits per heavy atom. The average molecular weight is 698 g/mol. The Balaban J connectivity index is 0.932. The van der Waals surface area contributed by atoms with Crippen molar-refractivity contribution in [3.05, 3.63) is 163 Å². The number of nitrogens with zero attached hydrogens (tertiary/aromatic N) is 3. The van der Waals surface area contributed by atoms with E-state index >= 15 is 0 Å². The fraction of sp³-hybridized carbons (Fsp3) is 0.0625. The van der Waals surface area contributed by atoms with Gasteiger partial charge in [-0.1, -0.05) is 129 Å². The zero-order valence-corrected chi connectivity index (χ0v) is 29.5. The van der Waals surface area contributed by atoms with Crippen molar-refractivity contribution in [2.45, 2.75) is 19.3 Å². The molecule has 7 aromatic carbocycles. The lowest BCUT2D eigenvalue weighted by atomic mass is 9.82. The van der Waals surface area contributed by atoms with Crippen molar-refractivity contribution in [2.24, 2.45) is 0 Å². The Bertz CT molecular complexity index is 2970. The van der Waals surface area contributed by atoms with Crippen LogP contribution in [0.4, 0.5) is 0 Å². The van der Waals surface area contributed by atoms with E-state index in [0.717, 1.165) is 66.8 Å². The maximum absolute atomic E-state index is 6.62. The van der Waals surface area contributed by atoms with Gasteiger partial charge in [0.05, 0.1) is 0 Å². The Hall–Kier alpha value is -7.05. The summed E-state index contributed by atoms with van der Waals surface area (Å²) in [6.45, 7) is 4.54. The molecular weight excluding hydrogens is 667 g/mol. The minimum Gasteiger partial charge on any atom is -0.456 e. The lowest BCUT2D eigenvalue weighted by Crippen LogP contribution is -2.15. The molecule has 2 aromatic heterocycles. The summed E-state index contributed by atoms with van der Waals surface area (Å²) in [5, 5.41) is 2.14. The maximum atomic E-state index is 6.62. The van der Waals surface area contributed by atoms with Crippen molar-refractivity contribution in [2.75, 3.05) is 0 Å². The summed E-state index contributed by atoms with van der Waals surface area (Å²) in [7, 11) is 0. The molecule has 0 radical (unpaired) electrons. The molecule has 6 heteroatoms. The number of para-hydroxylation sites is 1. The van der Waals surface area contributed by atoms with E-state index in [4.69, 9.17) is 28.8 Å². The van der Waals surface area contributed by atoms with Crippen LogP contribution in [0.15, 0.2) is 156 Å². The van der Waals surface area contributed by atoms with Crippen molar-refractivity contribution < 1.29 is 13.9 Å². The van der Waals surface area contributed by atoms with E-state index < -0.39 is 0 Å². The predicted octanol–water partition coefficient (Wildman–Crippen LogP) is 12.6. The van der Waals surface area contributed by atoms with E-state index in [1.807, 2.05) is 72.8 Å². The van der Waals surface area contributed by atoms with Crippen LogP contribution in [0.2, 0.25) is 0 Å². The third kappa shape index (κ3) is 4.70. The Kier molecular flexibility index (Phi) is 6.49. The first kappa shape index (κ1) is 30.6. The molecule has 2 aliphatic rings. The number of hydrogen-bond acceptors (Lipinski definition) is 6. The average Bonchev–Trinajstić information content (AvgIpc) is 3.71. The van der Waals surface area contributed by atoms with Crippen LogP contribution in [0.25, 0.3) is 78.4 Å². The highest BCUT2D eigenvalue weighted by molar-refractivity contribution is 6.05. The molecule has 0 amide bonds. The van der Waals surface area contributed by atoms with Gasteiger partial charge in [0.2, 0.25) is 0 Å². The van der Waals surface area contributed by atoms with Crippen LogP contribution < -0.4 is 9.47 Å². The SMILES string of the molecule is CC1(C)c2ccccc2-c2c1ccc1c2Oc2ccc(-c3ccc(-c4nc(-c5ccccc5)nc(-c5ccc6c(c5)oc5ccccc56)n4)cc3)cc2O1. The maximum Gasteiger partial charge on any atom is 0.178 e. The van der Waals surface area contributed by atoms with Gasteiger partial charge in [0, 0.05) is 38.4 Å². The molecule has 0 atom stereocenters. The fourth-order valence-electron chi connectivity index (χ4n) is 8.03. The molecule has 6 nitrogen and oxygen atoms in total. The molecule has 9 aromatic rings. The number of benzene rings is 7. The van der Waals surface area contributed by atoms with Crippen molar-refractivity contribution in [3.63, 3.8) is 0 Å². The molecular formula is C48H31N3O3. The minimum absolute atomic E-state index is 0.115. The molecule has 1 aliphatic heterocycles. The molecule has 0 N–H and O–H groups in total. The van der Waals surface area contributed by atoms with Gasteiger partial charge in [-0.05, 0) is 64.2 Å². The van der Waals surface area contributed by atoms with Gasteiger partial charge in [-0.3, -0.25) is 0 Å². The summed E-state index contributed by atoms with van der Waals surface area (Å²) in [4.78, 5) is 14.9. The van der Waals surface area contributed by atoms with Crippen LogP contribution in [-0.4, -0.2) is 15.0 Å². The van der Waals surface area contributed by atoms with Crippen molar-refractivity contribution in [1.29, 1.82) is 0 Å². The van der Waals surface area contributed by atoms with Gasteiger partial charge in [-0.15, -0.1) is 0 Å². The highest BCUT2D eigenvalue weighted by Gasteiger charge is 2.39. The van der Waals surface area contributed by atoms with Crippen LogP contribution in [0, 0.1) is 0 Å². The third-order valence-corrected chi connectivity index (χ3v) is 10.8. The smallest absolute Gasteiger partial charge is 0.178 e. The molecule has 0 unspecified atom stereocenters. The van der Waals surface area contributed by atoms with E-state index in [0.29, 0.717) is 29.0 Å². The van der Waals surface area contributed by atoms with E-state index in [-0.39, 0.29) is 5.41 Å². The highest BCUT2D eigenvalue weighted by Crippen LogP contribution is 2.58. The molecule has 3 heterocycles. The molecule has 11 rings (SSSR count). The van der Waals surface area contributed by atoms with Gasteiger partial charge in [0.15, 0.2) is 40.5 Å². The molecule has 54 heavy (non-hydrogen) atoms. The van der Waals surface area contributed by atoms with Crippen LogP contribution in [0.5, 0.6) is 23.0 Å². The van der Waals surface area contributed by atoms with Gasteiger partial charge < -0.3 is 13.9 Å². The Morgan fingerprint density at radius 2 is 1.06 bits per heavy atom. The third-order valence-electron chi connectivity index (χ3n) is 10.8. The van der Waals surface area contributed by atoms with E-state index in [1.54, 1.807) is 0 Å². The normalized spacial score (nSPS) is 13.4. The molecule has 0 fully saturated rings. The summed E-state index contributed by atoms with van der Waals surface area (Å²) >= 11 is 0. The summed E-state index contributed by atoms with van der Waals surface area (Å²) < 4.78 is 19.4. The Labute approximate surface area is 311 Å². The number of hydrogen-bond donors (Lipinski definition) is 0. The summed E-state index contributed by atoms with van der Waals surface area (Å²) in [5.74, 6) is 4.66. The van der Waals surface area contributed by atoms with E-state index in [9.17, 15) is 0 Å². The quantitative estimate of drug-likeness (QED) is 0.182. The zero-order chi connectivity index (χ0) is 36.0. The van der Waals surface area contributed by atoms with E-state index in [1.165, 1.54) is 16.7 Å². The first-order valence-corrected chi connectivity index (χ1v) is 18.1. The summed E-state index contributed by atoms with van der Waals surface area (Å²) in [6, 6.07) is 51.4. The number of ether oxygens (including phenoxy) is 2. The largest absolute Gasteiger partial charge is 0.456 e. The number of rotatable bonds is 4. The zero-order valence-electron chi connectivity index (χ0n) is 29.5. The van der Waals surface area contributed by atoms with Crippen LogP contribution >= 0.6 is 0 Å². The summed E-state index contributed by atoms with van der Waals surface area (Å²) in [5.41, 5.74) is 11.1. The minimum atomic E-state index is -0.115. The number of furan rings is 1. The predicted molar refractivity (Wildman–Crippen MR) is 213 cm³/mol. The molecule has 0 saturated carbocycles. The first-order valence-electron chi connectivity index (χ1n) is 18.1. The molecule has 1 aliphatic carbocycles. The highest BCUT2D eigenvalue weighted by atomic mass is 16.6. The monoisotopic (exact) mass is 697 g/mol. The molecule has 0 bridgehead atoms. The van der Waals surface area contributed by atoms with Crippen LogP contribution in [0.1, 0.15) is 25.0 Å². The molecule has 0 saturated heterocycles. The topological polar surface area (TPSA) is 70.3 Å². The Morgan fingerprint density at radius 3 is 1.89 bits per heavy atom. The van der Waals surface area contributed by atoms with Gasteiger partial charge in [-0.2, -0.15) is 0 Å². The second kappa shape index (κ2) is 11.5. The lowest BCUT2D eigenvalue weighted by molar-refractivity contribution is 0.360. The second-order valence-corrected chi connectivity index (χ2v) is 14.4. The van der Waals surface area contributed by atoms with Crippen molar-refractivity contribution in [3.8, 4) is 79.4 Å².